The van der Waals surface area contributed by atoms with Crippen molar-refractivity contribution in [3.8, 4) is 12.3 Å². The Morgan fingerprint density at radius 3 is 2.60 bits per heavy atom. The van der Waals surface area contributed by atoms with Crippen molar-refractivity contribution >= 4 is 16.5 Å². The maximum atomic E-state index is 13.3. The van der Waals surface area contributed by atoms with Crippen molar-refractivity contribution in [1.82, 2.24) is 0 Å². The van der Waals surface area contributed by atoms with Crippen LogP contribution in [0, 0.1) is 24.0 Å². The number of anilines is 1. The SMILES string of the molecule is C#Cc1c(F)c(F)cc2cc(N)ccc12. The molecular weight excluding hydrogens is 196 g/mol. The molecule has 3 heteroatoms. The highest BCUT2D eigenvalue weighted by Gasteiger charge is 2.11. The minimum absolute atomic E-state index is 0.0648. The number of terminal acetylenes is 1. The number of nitrogens with two attached hydrogens (primary N) is 1. The lowest BCUT2D eigenvalue weighted by molar-refractivity contribution is 0.509. The van der Waals surface area contributed by atoms with Crippen LogP contribution in [-0.4, -0.2) is 0 Å². The molecule has 2 aromatic rings. The Balaban J connectivity index is 2.96. The summed E-state index contributed by atoms with van der Waals surface area (Å²) in [7, 11) is 0. The van der Waals surface area contributed by atoms with Crippen LogP contribution in [0.1, 0.15) is 5.56 Å². The van der Waals surface area contributed by atoms with Crippen LogP contribution in [0.5, 0.6) is 0 Å². The lowest BCUT2D eigenvalue weighted by atomic mass is 10.0. The van der Waals surface area contributed by atoms with Crippen molar-refractivity contribution in [2.24, 2.45) is 0 Å². The van der Waals surface area contributed by atoms with Gasteiger partial charge in [0.25, 0.3) is 0 Å². The Kier molecular flexibility index (Phi) is 2.05. The van der Waals surface area contributed by atoms with Crippen LogP contribution in [0.4, 0.5) is 14.5 Å². The molecular formula is C12H7F2N. The molecule has 2 N–H and O–H groups in total. The van der Waals surface area contributed by atoms with Crippen molar-refractivity contribution in [2.75, 3.05) is 5.73 Å². The van der Waals surface area contributed by atoms with E-state index in [4.69, 9.17) is 12.2 Å². The van der Waals surface area contributed by atoms with E-state index in [0.29, 0.717) is 16.5 Å². The van der Waals surface area contributed by atoms with E-state index in [0.717, 1.165) is 6.07 Å². The van der Waals surface area contributed by atoms with E-state index < -0.39 is 11.6 Å². The topological polar surface area (TPSA) is 26.0 Å². The van der Waals surface area contributed by atoms with Gasteiger partial charge >= 0.3 is 0 Å². The number of rotatable bonds is 0. The molecule has 74 valence electrons. The van der Waals surface area contributed by atoms with Crippen LogP contribution in [0.3, 0.4) is 0 Å². The largest absolute Gasteiger partial charge is 0.399 e. The maximum absolute atomic E-state index is 13.3. The number of hydrogen-bond acceptors (Lipinski definition) is 1. The quantitative estimate of drug-likeness (QED) is 0.517. The highest BCUT2D eigenvalue weighted by Crippen LogP contribution is 2.25. The summed E-state index contributed by atoms with van der Waals surface area (Å²) < 4.78 is 26.4. The van der Waals surface area contributed by atoms with E-state index in [2.05, 4.69) is 5.92 Å². The molecule has 0 aromatic heterocycles. The summed E-state index contributed by atoms with van der Waals surface area (Å²) in [5.74, 6) is 0.194. The second kappa shape index (κ2) is 3.25. The normalized spacial score (nSPS) is 10.2. The Labute approximate surface area is 85.5 Å². The van der Waals surface area contributed by atoms with Gasteiger partial charge in [-0.2, -0.15) is 0 Å². The van der Waals surface area contributed by atoms with E-state index in [1.165, 1.54) is 0 Å². The molecule has 15 heavy (non-hydrogen) atoms. The van der Waals surface area contributed by atoms with Crippen molar-refractivity contribution in [3.05, 3.63) is 41.5 Å². The predicted octanol–water partition coefficient (Wildman–Crippen LogP) is 2.68. The fraction of sp³-hybridized carbons (Fsp3) is 0. The maximum Gasteiger partial charge on any atom is 0.175 e. The van der Waals surface area contributed by atoms with Gasteiger partial charge in [0.2, 0.25) is 0 Å². The summed E-state index contributed by atoms with van der Waals surface area (Å²) >= 11 is 0. The van der Waals surface area contributed by atoms with Gasteiger partial charge in [-0.3, -0.25) is 0 Å². The van der Waals surface area contributed by atoms with Crippen LogP contribution in [0.15, 0.2) is 24.3 Å². The van der Waals surface area contributed by atoms with Gasteiger partial charge in [-0.25, -0.2) is 8.78 Å². The first-order chi connectivity index (χ1) is 7.13. The molecule has 0 aliphatic carbocycles. The third-order valence-corrected chi connectivity index (χ3v) is 2.20. The van der Waals surface area contributed by atoms with Crippen molar-refractivity contribution in [1.29, 1.82) is 0 Å². The summed E-state index contributed by atoms with van der Waals surface area (Å²) in [4.78, 5) is 0. The molecule has 0 fully saturated rings. The summed E-state index contributed by atoms with van der Waals surface area (Å²) in [6.07, 6.45) is 5.14. The first-order valence-corrected chi connectivity index (χ1v) is 4.27. The van der Waals surface area contributed by atoms with Gasteiger partial charge in [0, 0.05) is 11.1 Å². The van der Waals surface area contributed by atoms with Crippen molar-refractivity contribution in [2.45, 2.75) is 0 Å². The van der Waals surface area contributed by atoms with Crippen LogP contribution in [0.2, 0.25) is 0 Å². The van der Waals surface area contributed by atoms with E-state index >= 15 is 0 Å². The van der Waals surface area contributed by atoms with Gasteiger partial charge in [0.15, 0.2) is 11.6 Å². The Bertz CT molecular complexity index is 582. The van der Waals surface area contributed by atoms with E-state index in [1.807, 2.05) is 0 Å². The molecule has 0 aliphatic heterocycles. The first kappa shape index (κ1) is 9.47. The second-order valence-electron chi connectivity index (χ2n) is 3.17. The molecule has 2 rings (SSSR count). The molecule has 0 amide bonds. The van der Waals surface area contributed by atoms with Gasteiger partial charge < -0.3 is 5.73 Å². The molecule has 0 bridgehead atoms. The van der Waals surface area contributed by atoms with Crippen LogP contribution < -0.4 is 5.73 Å². The summed E-state index contributed by atoms with van der Waals surface area (Å²) in [5.41, 5.74) is 5.95. The Morgan fingerprint density at radius 2 is 1.93 bits per heavy atom. The van der Waals surface area contributed by atoms with E-state index in [1.54, 1.807) is 18.2 Å². The van der Waals surface area contributed by atoms with Gasteiger partial charge in [0.05, 0.1) is 5.56 Å². The van der Waals surface area contributed by atoms with Crippen LogP contribution >= 0.6 is 0 Å². The van der Waals surface area contributed by atoms with Gasteiger partial charge in [-0.05, 0) is 23.6 Å². The van der Waals surface area contributed by atoms with Crippen LogP contribution in [-0.2, 0) is 0 Å². The number of benzene rings is 2. The third-order valence-electron chi connectivity index (χ3n) is 2.20. The van der Waals surface area contributed by atoms with E-state index in [9.17, 15) is 8.78 Å². The summed E-state index contributed by atoms with van der Waals surface area (Å²) in [6, 6.07) is 5.82. The van der Waals surface area contributed by atoms with Gasteiger partial charge in [-0.15, -0.1) is 6.42 Å². The zero-order chi connectivity index (χ0) is 11.0. The molecule has 1 nitrogen and oxygen atoms in total. The predicted molar refractivity (Wildman–Crippen MR) is 56.2 cm³/mol. The highest BCUT2D eigenvalue weighted by atomic mass is 19.2. The highest BCUT2D eigenvalue weighted by molar-refractivity contribution is 5.90. The van der Waals surface area contributed by atoms with Crippen molar-refractivity contribution in [3.63, 3.8) is 0 Å². The lowest BCUT2D eigenvalue weighted by Crippen LogP contribution is -1.93. The molecule has 0 heterocycles. The Hall–Kier alpha value is -2.08. The number of nitrogen functional groups attached to an aromatic ring is 1. The molecule has 0 atom stereocenters. The summed E-state index contributed by atoms with van der Waals surface area (Å²) in [6.45, 7) is 0. The third kappa shape index (κ3) is 1.40. The Morgan fingerprint density at radius 1 is 1.20 bits per heavy atom. The zero-order valence-electron chi connectivity index (χ0n) is 7.72. The molecule has 0 unspecified atom stereocenters. The zero-order valence-corrected chi connectivity index (χ0v) is 7.72. The molecule has 0 aliphatic rings. The van der Waals surface area contributed by atoms with Crippen LogP contribution in [0.25, 0.3) is 10.8 Å². The molecule has 2 aromatic carbocycles. The number of fused-ring (bicyclic) bond motifs is 1. The fourth-order valence-electron chi connectivity index (χ4n) is 1.51. The lowest BCUT2D eigenvalue weighted by Gasteiger charge is -2.04. The minimum atomic E-state index is -0.991. The van der Waals surface area contributed by atoms with Gasteiger partial charge in [0.1, 0.15) is 0 Å². The fourth-order valence-corrected chi connectivity index (χ4v) is 1.51. The molecule has 0 saturated heterocycles. The smallest absolute Gasteiger partial charge is 0.175 e. The van der Waals surface area contributed by atoms with Gasteiger partial charge in [-0.1, -0.05) is 12.0 Å². The molecule has 0 radical (unpaired) electrons. The average Bonchev–Trinajstić information content (AvgIpc) is 2.20. The van der Waals surface area contributed by atoms with E-state index in [-0.39, 0.29) is 5.56 Å². The monoisotopic (exact) mass is 203 g/mol. The molecule has 0 saturated carbocycles. The first-order valence-electron chi connectivity index (χ1n) is 4.27. The number of hydrogen-bond donors (Lipinski definition) is 1. The minimum Gasteiger partial charge on any atom is -0.399 e. The average molecular weight is 203 g/mol. The number of halogens is 2. The second-order valence-corrected chi connectivity index (χ2v) is 3.17. The van der Waals surface area contributed by atoms with Crippen molar-refractivity contribution < 1.29 is 8.78 Å². The summed E-state index contributed by atoms with van der Waals surface area (Å²) in [5, 5.41) is 0.993. The molecule has 0 spiro atoms. The standard InChI is InChI=1S/C12H7F2N/c1-2-9-10-4-3-8(15)5-7(10)6-11(13)12(9)14/h1,3-6H,15H2.